The summed E-state index contributed by atoms with van der Waals surface area (Å²) in [6, 6.07) is 14.5. The summed E-state index contributed by atoms with van der Waals surface area (Å²) in [5, 5.41) is 5.88. The molecule has 3 rings (SSSR count). The maximum Gasteiger partial charge on any atom is 0.253 e. The summed E-state index contributed by atoms with van der Waals surface area (Å²) in [6.45, 7) is 1.73. The fourth-order valence-corrected chi connectivity index (χ4v) is 2.95. The molecule has 0 spiro atoms. The van der Waals surface area contributed by atoms with Crippen LogP contribution in [0.5, 0.6) is 5.75 Å². The number of hydrogen-bond acceptors (Lipinski definition) is 4. The molecule has 1 aliphatic heterocycles. The van der Waals surface area contributed by atoms with Gasteiger partial charge in [0.05, 0.1) is 13.7 Å². The smallest absolute Gasteiger partial charge is 0.253 e. The van der Waals surface area contributed by atoms with E-state index < -0.39 is 0 Å². The van der Waals surface area contributed by atoms with Gasteiger partial charge in [0, 0.05) is 36.1 Å². The molecule has 0 radical (unpaired) electrons. The van der Waals surface area contributed by atoms with E-state index in [1.807, 2.05) is 29.2 Å². The lowest BCUT2D eigenvalue weighted by molar-refractivity contribution is -0.114. The van der Waals surface area contributed by atoms with Crippen LogP contribution >= 0.6 is 0 Å². The zero-order valence-corrected chi connectivity index (χ0v) is 14.8. The molecule has 6 heteroatoms. The predicted molar refractivity (Wildman–Crippen MR) is 102 cm³/mol. The normalized spacial score (nSPS) is 13.3. The Morgan fingerprint density at radius 2 is 1.77 bits per heavy atom. The minimum absolute atomic E-state index is 0.0214. The first-order valence-electron chi connectivity index (χ1n) is 8.73. The average molecular weight is 353 g/mol. The Hall–Kier alpha value is -3.02. The number of benzene rings is 2. The van der Waals surface area contributed by atoms with Crippen LogP contribution in [0.25, 0.3) is 0 Å². The molecular formula is C20H23N3O3. The number of carbonyl (C=O) groups is 2. The van der Waals surface area contributed by atoms with Crippen LogP contribution in [0, 0.1) is 0 Å². The van der Waals surface area contributed by atoms with E-state index in [0.717, 1.165) is 37.4 Å². The van der Waals surface area contributed by atoms with E-state index in [2.05, 4.69) is 10.6 Å². The second-order valence-electron chi connectivity index (χ2n) is 6.21. The predicted octanol–water partition coefficient (Wildman–Crippen LogP) is 2.98. The first-order chi connectivity index (χ1) is 12.7. The van der Waals surface area contributed by atoms with Crippen molar-refractivity contribution in [1.29, 1.82) is 0 Å². The molecule has 136 valence electrons. The zero-order chi connectivity index (χ0) is 18.4. The molecule has 1 aliphatic rings. The second-order valence-corrected chi connectivity index (χ2v) is 6.21. The SMILES string of the molecule is COc1cccc(NCC(=O)Nc2cccc(C(=O)N3CCCC3)c2)c1. The quantitative estimate of drug-likeness (QED) is 0.838. The van der Waals surface area contributed by atoms with Crippen LogP contribution < -0.4 is 15.4 Å². The number of hydrogen-bond donors (Lipinski definition) is 2. The fraction of sp³-hybridized carbons (Fsp3) is 0.300. The molecule has 2 N–H and O–H groups in total. The van der Waals surface area contributed by atoms with Gasteiger partial charge in [0.25, 0.3) is 5.91 Å². The van der Waals surface area contributed by atoms with E-state index in [4.69, 9.17) is 4.74 Å². The molecule has 1 saturated heterocycles. The molecule has 0 bridgehead atoms. The summed E-state index contributed by atoms with van der Waals surface area (Å²) in [7, 11) is 1.60. The Morgan fingerprint density at radius 3 is 2.54 bits per heavy atom. The van der Waals surface area contributed by atoms with Gasteiger partial charge in [-0.3, -0.25) is 9.59 Å². The van der Waals surface area contributed by atoms with Crippen molar-refractivity contribution in [2.24, 2.45) is 0 Å². The lowest BCUT2D eigenvalue weighted by atomic mass is 10.1. The average Bonchev–Trinajstić information content (AvgIpc) is 3.21. The van der Waals surface area contributed by atoms with Crippen molar-refractivity contribution in [1.82, 2.24) is 4.90 Å². The first kappa shape index (κ1) is 17.8. The number of rotatable bonds is 6. The van der Waals surface area contributed by atoms with Gasteiger partial charge in [0.2, 0.25) is 5.91 Å². The molecule has 26 heavy (non-hydrogen) atoms. The van der Waals surface area contributed by atoms with Gasteiger partial charge in [-0.15, -0.1) is 0 Å². The minimum Gasteiger partial charge on any atom is -0.497 e. The van der Waals surface area contributed by atoms with E-state index >= 15 is 0 Å². The van der Waals surface area contributed by atoms with Gasteiger partial charge in [0.15, 0.2) is 0 Å². The molecular weight excluding hydrogens is 330 g/mol. The summed E-state index contributed by atoms with van der Waals surface area (Å²) >= 11 is 0. The van der Waals surface area contributed by atoms with Gasteiger partial charge in [-0.05, 0) is 43.2 Å². The summed E-state index contributed by atoms with van der Waals surface area (Å²) in [6.07, 6.45) is 2.11. The number of anilines is 2. The van der Waals surface area contributed by atoms with Crippen molar-refractivity contribution < 1.29 is 14.3 Å². The summed E-state index contributed by atoms with van der Waals surface area (Å²) in [4.78, 5) is 26.5. The maximum atomic E-state index is 12.4. The van der Waals surface area contributed by atoms with Crippen molar-refractivity contribution in [3.63, 3.8) is 0 Å². The van der Waals surface area contributed by atoms with E-state index in [1.165, 1.54) is 0 Å². The van der Waals surface area contributed by atoms with Gasteiger partial charge < -0.3 is 20.3 Å². The molecule has 0 unspecified atom stereocenters. The van der Waals surface area contributed by atoms with Crippen LogP contribution in [0.4, 0.5) is 11.4 Å². The highest BCUT2D eigenvalue weighted by Crippen LogP contribution is 2.18. The molecule has 0 atom stereocenters. The summed E-state index contributed by atoms with van der Waals surface area (Å²) in [5.74, 6) is 0.565. The minimum atomic E-state index is -0.182. The van der Waals surface area contributed by atoms with E-state index in [1.54, 1.807) is 31.4 Å². The highest BCUT2D eigenvalue weighted by Gasteiger charge is 2.19. The Morgan fingerprint density at radius 1 is 1.04 bits per heavy atom. The molecule has 2 amide bonds. The largest absolute Gasteiger partial charge is 0.497 e. The molecule has 2 aromatic rings. The zero-order valence-electron chi connectivity index (χ0n) is 14.8. The van der Waals surface area contributed by atoms with Gasteiger partial charge in [-0.1, -0.05) is 12.1 Å². The number of nitrogens with one attached hydrogen (secondary N) is 2. The van der Waals surface area contributed by atoms with E-state index in [0.29, 0.717) is 11.3 Å². The first-order valence-corrected chi connectivity index (χ1v) is 8.73. The van der Waals surface area contributed by atoms with Crippen molar-refractivity contribution in [3.8, 4) is 5.75 Å². The van der Waals surface area contributed by atoms with Gasteiger partial charge in [0.1, 0.15) is 5.75 Å². The molecule has 6 nitrogen and oxygen atoms in total. The summed E-state index contributed by atoms with van der Waals surface area (Å²) < 4.78 is 5.16. The third kappa shape index (κ3) is 4.53. The number of methoxy groups -OCH3 is 1. The van der Waals surface area contributed by atoms with E-state index in [-0.39, 0.29) is 18.4 Å². The van der Waals surface area contributed by atoms with Crippen LogP contribution in [0.3, 0.4) is 0 Å². The van der Waals surface area contributed by atoms with Crippen LogP contribution in [-0.4, -0.2) is 43.5 Å². The Bertz CT molecular complexity index is 785. The second kappa shape index (κ2) is 8.38. The third-order valence-corrected chi connectivity index (χ3v) is 4.31. The van der Waals surface area contributed by atoms with Crippen LogP contribution in [0.15, 0.2) is 48.5 Å². The molecule has 0 saturated carbocycles. The lowest BCUT2D eigenvalue weighted by Gasteiger charge is -2.16. The number of ether oxygens (including phenoxy) is 1. The van der Waals surface area contributed by atoms with E-state index in [9.17, 15) is 9.59 Å². The molecule has 0 aliphatic carbocycles. The van der Waals surface area contributed by atoms with Crippen LogP contribution in [0.1, 0.15) is 23.2 Å². The van der Waals surface area contributed by atoms with Crippen molar-refractivity contribution >= 4 is 23.2 Å². The van der Waals surface area contributed by atoms with Crippen molar-refractivity contribution in [2.45, 2.75) is 12.8 Å². The Kier molecular flexibility index (Phi) is 5.73. The highest BCUT2D eigenvalue weighted by molar-refractivity contribution is 5.98. The molecule has 1 heterocycles. The number of likely N-dealkylation sites (tertiary alicyclic amines) is 1. The van der Waals surface area contributed by atoms with Gasteiger partial charge in [-0.2, -0.15) is 0 Å². The fourth-order valence-electron chi connectivity index (χ4n) is 2.95. The number of nitrogens with zero attached hydrogens (tertiary/aromatic N) is 1. The van der Waals surface area contributed by atoms with Crippen LogP contribution in [0.2, 0.25) is 0 Å². The standard InChI is InChI=1S/C20H23N3O3/c1-26-18-9-5-7-16(13-18)21-14-19(24)22-17-8-4-6-15(12-17)20(25)23-10-2-3-11-23/h4-9,12-13,21H,2-3,10-11,14H2,1H3,(H,22,24). The highest BCUT2D eigenvalue weighted by atomic mass is 16.5. The van der Waals surface area contributed by atoms with Gasteiger partial charge in [-0.25, -0.2) is 0 Å². The van der Waals surface area contributed by atoms with Crippen LogP contribution in [-0.2, 0) is 4.79 Å². The molecule has 1 fully saturated rings. The van der Waals surface area contributed by atoms with Crippen molar-refractivity contribution in [2.75, 3.05) is 37.4 Å². The maximum absolute atomic E-state index is 12.4. The lowest BCUT2D eigenvalue weighted by Crippen LogP contribution is -2.27. The van der Waals surface area contributed by atoms with Gasteiger partial charge >= 0.3 is 0 Å². The molecule has 2 aromatic carbocycles. The third-order valence-electron chi connectivity index (χ3n) is 4.31. The summed E-state index contributed by atoms with van der Waals surface area (Å²) in [5.41, 5.74) is 2.02. The topological polar surface area (TPSA) is 70.7 Å². The number of amides is 2. The monoisotopic (exact) mass is 353 g/mol. The Labute approximate surface area is 153 Å². The number of carbonyl (C=O) groups excluding carboxylic acids is 2. The molecule has 0 aromatic heterocycles. The van der Waals surface area contributed by atoms with Crippen molar-refractivity contribution in [3.05, 3.63) is 54.1 Å². The Balaban J connectivity index is 1.57.